The van der Waals surface area contributed by atoms with Gasteiger partial charge in [-0.15, -0.1) is 11.3 Å². The number of amides is 1. The molecule has 0 unspecified atom stereocenters. The molecule has 0 spiro atoms. The zero-order chi connectivity index (χ0) is 21.1. The van der Waals surface area contributed by atoms with E-state index in [1.165, 1.54) is 11.3 Å². The maximum Gasteiger partial charge on any atom is 0.254 e. The third kappa shape index (κ3) is 4.62. The summed E-state index contributed by atoms with van der Waals surface area (Å²) in [7, 11) is 4.40. The van der Waals surface area contributed by atoms with Crippen molar-refractivity contribution in [3.05, 3.63) is 59.5 Å². The first-order chi connectivity index (χ1) is 14.4. The van der Waals surface area contributed by atoms with E-state index in [-0.39, 0.29) is 5.91 Å². The van der Waals surface area contributed by atoms with Crippen LogP contribution in [0.25, 0.3) is 11.3 Å². The van der Waals surface area contributed by atoms with Crippen molar-refractivity contribution in [3.63, 3.8) is 0 Å². The molecule has 0 radical (unpaired) electrons. The van der Waals surface area contributed by atoms with Gasteiger partial charge in [0.25, 0.3) is 5.91 Å². The first kappa shape index (κ1) is 20.3. The molecule has 1 aromatic heterocycles. The molecule has 7 nitrogen and oxygen atoms in total. The minimum atomic E-state index is 0.0755. The van der Waals surface area contributed by atoms with Crippen LogP contribution in [0.3, 0.4) is 0 Å². The molecule has 2 aromatic carbocycles. The molecule has 0 bridgehead atoms. The fourth-order valence-electron chi connectivity index (χ4n) is 3.46. The van der Waals surface area contributed by atoms with E-state index in [1.54, 1.807) is 6.07 Å². The van der Waals surface area contributed by atoms with E-state index in [1.807, 2.05) is 52.7 Å². The average Bonchev–Trinajstić information content (AvgIpc) is 3.22. The fraction of sp³-hybridized carbons (Fsp3) is 0.273. The van der Waals surface area contributed by atoms with E-state index >= 15 is 0 Å². The Morgan fingerprint density at radius 3 is 2.60 bits per heavy atom. The van der Waals surface area contributed by atoms with E-state index in [2.05, 4.69) is 29.9 Å². The van der Waals surface area contributed by atoms with Crippen LogP contribution in [0.2, 0.25) is 0 Å². The minimum absolute atomic E-state index is 0.0755. The molecule has 0 atom stereocenters. The summed E-state index contributed by atoms with van der Waals surface area (Å²) in [6, 6.07) is 15.0. The molecule has 1 amide bonds. The maximum atomic E-state index is 12.9. The van der Waals surface area contributed by atoms with E-state index in [9.17, 15) is 4.79 Å². The van der Waals surface area contributed by atoms with E-state index < -0.39 is 0 Å². The highest BCUT2D eigenvalue weighted by Crippen LogP contribution is 2.29. The summed E-state index contributed by atoms with van der Waals surface area (Å²) in [5, 5.41) is 15.1. The smallest absolute Gasteiger partial charge is 0.254 e. The van der Waals surface area contributed by atoms with E-state index in [0.717, 1.165) is 52.7 Å². The molecule has 2 heterocycles. The van der Waals surface area contributed by atoms with E-state index in [4.69, 9.17) is 5.21 Å². The Labute approximate surface area is 180 Å². The SMILES string of the molecule is C[N+]1(C)CCN(C(=O)c2cccc(Nc3nc(-c4cccc(NO)c4)cs3)c2)CC1. The maximum absolute atomic E-state index is 12.9. The lowest BCUT2D eigenvalue weighted by Gasteiger charge is -2.39. The van der Waals surface area contributed by atoms with Crippen LogP contribution in [0.4, 0.5) is 16.5 Å². The van der Waals surface area contributed by atoms with Crippen molar-refractivity contribution in [1.29, 1.82) is 0 Å². The van der Waals surface area contributed by atoms with Crippen LogP contribution in [-0.2, 0) is 0 Å². The molecule has 4 rings (SSSR count). The van der Waals surface area contributed by atoms with Gasteiger partial charge in [-0.05, 0) is 30.3 Å². The van der Waals surface area contributed by atoms with Crippen LogP contribution < -0.4 is 10.8 Å². The van der Waals surface area contributed by atoms with Gasteiger partial charge in [-0.1, -0.05) is 18.2 Å². The third-order valence-electron chi connectivity index (χ3n) is 5.39. The topological polar surface area (TPSA) is 77.5 Å². The molecule has 1 aliphatic heterocycles. The van der Waals surface area contributed by atoms with Crippen molar-refractivity contribution in [2.24, 2.45) is 0 Å². The molecule has 30 heavy (non-hydrogen) atoms. The molecule has 1 saturated heterocycles. The van der Waals surface area contributed by atoms with Crippen molar-refractivity contribution < 1.29 is 14.5 Å². The molecule has 1 fully saturated rings. The summed E-state index contributed by atoms with van der Waals surface area (Å²) in [6.07, 6.45) is 0. The number of aromatic nitrogens is 1. The number of nitrogens with zero attached hydrogens (tertiary/aromatic N) is 3. The number of anilines is 3. The number of quaternary nitrogens is 1. The monoisotopic (exact) mass is 424 g/mol. The van der Waals surface area contributed by atoms with Gasteiger partial charge in [0.05, 0.1) is 51.7 Å². The Morgan fingerprint density at radius 1 is 1.10 bits per heavy atom. The van der Waals surface area contributed by atoms with Gasteiger partial charge in [0, 0.05) is 22.2 Å². The lowest BCUT2D eigenvalue weighted by Crippen LogP contribution is -2.56. The minimum Gasteiger partial charge on any atom is -0.332 e. The number of rotatable bonds is 5. The quantitative estimate of drug-likeness (QED) is 0.428. The molecule has 0 aliphatic carbocycles. The van der Waals surface area contributed by atoms with Crippen molar-refractivity contribution in [1.82, 2.24) is 9.88 Å². The third-order valence-corrected chi connectivity index (χ3v) is 6.15. The molecule has 1 aliphatic rings. The number of hydrogen-bond donors (Lipinski definition) is 3. The predicted octanol–water partition coefficient (Wildman–Crippen LogP) is 3.89. The summed E-state index contributed by atoms with van der Waals surface area (Å²) in [6.45, 7) is 3.50. The highest BCUT2D eigenvalue weighted by molar-refractivity contribution is 7.14. The molecular weight excluding hydrogens is 398 g/mol. The van der Waals surface area contributed by atoms with Gasteiger partial charge >= 0.3 is 0 Å². The second-order valence-corrected chi connectivity index (χ2v) is 8.97. The summed E-state index contributed by atoms with van der Waals surface area (Å²) in [5.41, 5.74) is 6.02. The number of carbonyl (C=O) groups excluding carboxylic acids is 1. The van der Waals surface area contributed by atoms with Gasteiger partial charge in [-0.25, -0.2) is 4.98 Å². The summed E-state index contributed by atoms with van der Waals surface area (Å²) in [5.74, 6) is 0.0755. The van der Waals surface area contributed by atoms with Crippen LogP contribution >= 0.6 is 11.3 Å². The Kier molecular flexibility index (Phi) is 5.72. The second kappa shape index (κ2) is 8.43. The molecule has 3 N–H and O–H groups in total. The van der Waals surface area contributed by atoms with Crippen molar-refractivity contribution in [3.8, 4) is 11.3 Å². The normalized spacial score (nSPS) is 15.6. The summed E-state index contributed by atoms with van der Waals surface area (Å²) in [4.78, 5) is 19.5. The first-order valence-corrected chi connectivity index (χ1v) is 10.8. The van der Waals surface area contributed by atoms with Gasteiger partial charge in [0.1, 0.15) is 0 Å². The molecule has 8 heteroatoms. The zero-order valence-electron chi connectivity index (χ0n) is 17.1. The largest absolute Gasteiger partial charge is 0.332 e. The van der Waals surface area contributed by atoms with Crippen LogP contribution in [0.15, 0.2) is 53.9 Å². The Hall–Kier alpha value is -2.94. The van der Waals surface area contributed by atoms with Gasteiger partial charge in [0.2, 0.25) is 0 Å². The number of hydrogen-bond acceptors (Lipinski definition) is 6. The Morgan fingerprint density at radius 2 is 1.83 bits per heavy atom. The molecule has 156 valence electrons. The van der Waals surface area contributed by atoms with Crippen molar-refractivity contribution >= 4 is 33.8 Å². The first-order valence-electron chi connectivity index (χ1n) is 9.88. The number of likely N-dealkylation sites (N-methyl/N-ethyl adjacent to an activating group) is 1. The second-order valence-electron chi connectivity index (χ2n) is 8.11. The van der Waals surface area contributed by atoms with Crippen molar-refractivity contribution in [2.45, 2.75) is 0 Å². The molecule has 0 saturated carbocycles. The van der Waals surface area contributed by atoms with Crippen LogP contribution in [-0.4, -0.2) is 65.8 Å². The molecule has 3 aromatic rings. The average molecular weight is 425 g/mol. The van der Waals surface area contributed by atoms with Gasteiger partial charge < -0.3 is 14.7 Å². The highest BCUT2D eigenvalue weighted by atomic mass is 32.1. The van der Waals surface area contributed by atoms with Crippen molar-refractivity contribution in [2.75, 3.05) is 51.1 Å². The van der Waals surface area contributed by atoms with Gasteiger partial charge in [0.15, 0.2) is 5.13 Å². The number of piperazine rings is 1. The number of nitrogens with one attached hydrogen (secondary N) is 2. The number of benzene rings is 2. The summed E-state index contributed by atoms with van der Waals surface area (Å²) < 4.78 is 0.953. The fourth-order valence-corrected chi connectivity index (χ4v) is 4.20. The lowest BCUT2D eigenvalue weighted by atomic mass is 10.1. The van der Waals surface area contributed by atoms with E-state index in [0.29, 0.717) is 11.3 Å². The highest BCUT2D eigenvalue weighted by Gasteiger charge is 2.27. The number of carbonyl (C=O) groups is 1. The van der Waals surface area contributed by atoms with Crippen LogP contribution in [0.5, 0.6) is 0 Å². The molecular formula is C22H26N5O2S+. The van der Waals surface area contributed by atoms with Gasteiger partial charge in [-0.3, -0.25) is 15.5 Å². The van der Waals surface area contributed by atoms with Gasteiger partial charge in [-0.2, -0.15) is 0 Å². The summed E-state index contributed by atoms with van der Waals surface area (Å²) >= 11 is 1.49. The Balaban J connectivity index is 1.46. The Bertz CT molecular complexity index is 1040. The number of thiazole rings is 1. The predicted molar refractivity (Wildman–Crippen MR) is 120 cm³/mol. The van der Waals surface area contributed by atoms with Crippen LogP contribution in [0.1, 0.15) is 10.4 Å². The lowest BCUT2D eigenvalue weighted by molar-refractivity contribution is -0.894. The zero-order valence-corrected chi connectivity index (χ0v) is 17.9. The standard InChI is InChI=1S/C22H26N5O2S/c1-27(2)11-9-26(10-12-27)21(28)17-6-4-7-18(14-17)23-22-24-20(15-30-22)16-5-3-8-19(13-16)25-29/h3-8,13-15,25,29H,9-12H2,1-2H3,(H,23,24)/q+1. The van der Waals surface area contributed by atoms with Crippen LogP contribution in [0, 0.1) is 0 Å².